The molecule has 0 aliphatic carbocycles. The zero-order valence-corrected chi connectivity index (χ0v) is 10.7. The standard InChI is InChI=1S/C12H15N3OS/c1-9(5-10-3-4-17-7-10)15-11-6-12(16-2)14-8-13-11/h3-4,6-9H,5H2,1-2H3,(H,13,14,15). The third-order valence-corrected chi connectivity index (χ3v) is 3.10. The molecule has 0 fully saturated rings. The Morgan fingerprint density at radius 1 is 1.47 bits per heavy atom. The summed E-state index contributed by atoms with van der Waals surface area (Å²) >= 11 is 1.72. The second kappa shape index (κ2) is 5.63. The third-order valence-electron chi connectivity index (χ3n) is 2.37. The summed E-state index contributed by atoms with van der Waals surface area (Å²) in [5, 5.41) is 7.59. The Balaban J connectivity index is 1.95. The first-order valence-electron chi connectivity index (χ1n) is 5.41. The Morgan fingerprint density at radius 2 is 2.35 bits per heavy atom. The van der Waals surface area contributed by atoms with Gasteiger partial charge in [0.05, 0.1) is 7.11 Å². The highest BCUT2D eigenvalue weighted by molar-refractivity contribution is 7.07. The van der Waals surface area contributed by atoms with Gasteiger partial charge < -0.3 is 10.1 Å². The maximum atomic E-state index is 5.05. The van der Waals surface area contributed by atoms with E-state index in [1.54, 1.807) is 24.5 Å². The van der Waals surface area contributed by atoms with Crippen LogP contribution in [0.1, 0.15) is 12.5 Å². The average molecular weight is 249 g/mol. The first-order chi connectivity index (χ1) is 8.28. The van der Waals surface area contributed by atoms with E-state index < -0.39 is 0 Å². The van der Waals surface area contributed by atoms with E-state index in [1.165, 1.54) is 11.9 Å². The van der Waals surface area contributed by atoms with Gasteiger partial charge >= 0.3 is 0 Å². The molecule has 0 saturated heterocycles. The summed E-state index contributed by atoms with van der Waals surface area (Å²) in [4.78, 5) is 8.13. The molecule has 5 heteroatoms. The van der Waals surface area contributed by atoms with E-state index in [0.717, 1.165) is 12.2 Å². The van der Waals surface area contributed by atoms with Crippen LogP contribution in [0, 0.1) is 0 Å². The van der Waals surface area contributed by atoms with Crippen LogP contribution < -0.4 is 10.1 Å². The van der Waals surface area contributed by atoms with E-state index in [1.807, 2.05) is 0 Å². The van der Waals surface area contributed by atoms with Crippen LogP contribution in [0.25, 0.3) is 0 Å². The van der Waals surface area contributed by atoms with Crippen molar-refractivity contribution in [1.29, 1.82) is 0 Å². The molecule has 2 rings (SSSR count). The molecule has 0 amide bonds. The first-order valence-corrected chi connectivity index (χ1v) is 6.36. The first kappa shape index (κ1) is 11.9. The molecule has 2 heterocycles. The van der Waals surface area contributed by atoms with Crippen molar-refractivity contribution in [1.82, 2.24) is 9.97 Å². The van der Waals surface area contributed by atoms with Crippen LogP contribution in [0.5, 0.6) is 5.88 Å². The molecule has 0 bridgehead atoms. The van der Waals surface area contributed by atoms with Crippen LogP contribution in [-0.4, -0.2) is 23.1 Å². The zero-order valence-electron chi connectivity index (χ0n) is 9.88. The highest BCUT2D eigenvalue weighted by Gasteiger charge is 2.05. The van der Waals surface area contributed by atoms with Gasteiger partial charge in [-0.3, -0.25) is 0 Å². The number of nitrogens with zero attached hydrogens (tertiary/aromatic N) is 2. The molecule has 1 atom stereocenters. The van der Waals surface area contributed by atoms with Crippen LogP contribution in [0.4, 0.5) is 5.82 Å². The highest BCUT2D eigenvalue weighted by atomic mass is 32.1. The minimum Gasteiger partial charge on any atom is -0.481 e. The van der Waals surface area contributed by atoms with Gasteiger partial charge in [-0.15, -0.1) is 0 Å². The molecule has 17 heavy (non-hydrogen) atoms. The number of rotatable bonds is 5. The number of nitrogens with one attached hydrogen (secondary N) is 1. The lowest BCUT2D eigenvalue weighted by atomic mass is 10.1. The SMILES string of the molecule is COc1cc(NC(C)Cc2ccsc2)ncn1. The normalized spacial score (nSPS) is 12.1. The molecule has 0 radical (unpaired) electrons. The molecular weight excluding hydrogens is 234 g/mol. The molecule has 1 unspecified atom stereocenters. The van der Waals surface area contributed by atoms with Crippen molar-refractivity contribution in [3.63, 3.8) is 0 Å². The van der Waals surface area contributed by atoms with Gasteiger partial charge in [0.1, 0.15) is 12.1 Å². The van der Waals surface area contributed by atoms with Gasteiger partial charge in [0.2, 0.25) is 5.88 Å². The zero-order chi connectivity index (χ0) is 12.1. The van der Waals surface area contributed by atoms with Crippen molar-refractivity contribution in [2.24, 2.45) is 0 Å². The van der Waals surface area contributed by atoms with Crippen LogP contribution in [0.15, 0.2) is 29.2 Å². The molecule has 0 saturated carbocycles. The summed E-state index contributed by atoms with van der Waals surface area (Å²) in [6, 6.07) is 4.26. The van der Waals surface area contributed by atoms with Crippen LogP contribution in [-0.2, 0) is 6.42 Å². The van der Waals surface area contributed by atoms with E-state index in [2.05, 4.69) is 39.0 Å². The smallest absolute Gasteiger partial charge is 0.218 e. The summed E-state index contributed by atoms with van der Waals surface area (Å²) in [5.41, 5.74) is 1.34. The predicted octanol–water partition coefficient (Wildman–Crippen LogP) is 2.59. The van der Waals surface area contributed by atoms with Crippen molar-refractivity contribution >= 4 is 17.2 Å². The topological polar surface area (TPSA) is 47.0 Å². The highest BCUT2D eigenvalue weighted by Crippen LogP contribution is 2.14. The summed E-state index contributed by atoms with van der Waals surface area (Å²) in [7, 11) is 1.60. The fourth-order valence-electron chi connectivity index (χ4n) is 1.60. The lowest BCUT2D eigenvalue weighted by molar-refractivity contribution is 0.397. The molecule has 0 aliphatic heterocycles. The van der Waals surface area contributed by atoms with Crippen molar-refractivity contribution in [2.75, 3.05) is 12.4 Å². The Hall–Kier alpha value is -1.62. The van der Waals surface area contributed by atoms with Gasteiger partial charge in [-0.2, -0.15) is 11.3 Å². The fraction of sp³-hybridized carbons (Fsp3) is 0.333. The van der Waals surface area contributed by atoms with Crippen molar-refractivity contribution in [2.45, 2.75) is 19.4 Å². The van der Waals surface area contributed by atoms with Crippen molar-refractivity contribution in [3.8, 4) is 5.88 Å². The number of thiophene rings is 1. The number of methoxy groups -OCH3 is 1. The Morgan fingerprint density at radius 3 is 3.06 bits per heavy atom. The minimum atomic E-state index is 0.323. The van der Waals surface area contributed by atoms with E-state index >= 15 is 0 Å². The third kappa shape index (κ3) is 3.42. The number of hydrogen-bond acceptors (Lipinski definition) is 5. The molecule has 90 valence electrons. The van der Waals surface area contributed by atoms with Gasteiger partial charge in [0.25, 0.3) is 0 Å². The van der Waals surface area contributed by atoms with Crippen LogP contribution in [0.2, 0.25) is 0 Å². The summed E-state index contributed by atoms with van der Waals surface area (Å²) in [6.07, 6.45) is 2.48. The molecule has 4 nitrogen and oxygen atoms in total. The molecule has 0 aliphatic rings. The van der Waals surface area contributed by atoms with E-state index in [9.17, 15) is 0 Å². The number of aromatic nitrogens is 2. The maximum absolute atomic E-state index is 5.05. The van der Waals surface area contributed by atoms with Gasteiger partial charge in [0.15, 0.2) is 0 Å². The monoisotopic (exact) mass is 249 g/mol. The van der Waals surface area contributed by atoms with Gasteiger partial charge in [0, 0.05) is 12.1 Å². The maximum Gasteiger partial charge on any atom is 0.218 e. The fourth-order valence-corrected chi connectivity index (χ4v) is 2.28. The summed E-state index contributed by atoms with van der Waals surface area (Å²) < 4.78 is 5.05. The number of anilines is 1. The predicted molar refractivity (Wildman–Crippen MR) is 69.7 cm³/mol. The molecule has 1 N–H and O–H groups in total. The van der Waals surface area contributed by atoms with Gasteiger partial charge in [-0.1, -0.05) is 0 Å². The molecule has 2 aromatic heterocycles. The Kier molecular flexibility index (Phi) is 3.93. The van der Waals surface area contributed by atoms with Crippen molar-refractivity contribution in [3.05, 3.63) is 34.8 Å². The number of hydrogen-bond donors (Lipinski definition) is 1. The molecule has 0 aromatic carbocycles. The van der Waals surface area contributed by atoms with E-state index in [0.29, 0.717) is 11.9 Å². The number of ether oxygens (including phenoxy) is 1. The largest absolute Gasteiger partial charge is 0.481 e. The quantitative estimate of drug-likeness (QED) is 0.884. The summed E-state index contributed by atoms with van der Waals surface area (Å²) in [5.74, 6) is 1.37. The lowest BCUT2D eigenvalue weighted by Gasteiger charge is -2.13. The molecule has 0 spiro atoms. The Bertz CT molecular complexity index is 459. The average Bonchev–Trinajstić information content (AvgIpc) is 2.82. The summed E-state index contributed by atoms with van der Waals surface area (Å²) in [6.45, 7) is 2.13. The molecular formula is C12H15N3OS. The molecule has 2 aromatic rings. The Labute approximate surface area is 105 Å². The minimum absolute atomic E-state index is 0.323. The second-order valence-electron chi connectivity index (χ2n) is 3.83. The van der Waals surface area contributed by atoms with Gasteiger partial charge in [-0.25, -0.2) is 9.97 Å². The van der Waals surface area contributed by atoms with Crippen LogP contribution >= 0.6 is 11.3 Å². The second-order valence-corrected chi connectivity index (χ2v) is 4.61. The lowest BCUT2D eigenvalue weighted by Crippen LogP contribution is -2.18. The van der Waals surface area contributed by atoms with E-state index in [-0.39, 0.29) is 0 Å². The van der Waals surface area contributed by atoms with Crippen LogP contribution in [0.3, 0.4) is 0 Å². The van der Waals surface area contributed by atoms with Gasteiger partial charge in [-0.05, 0) is 35.7 Å². The van der Waals surface area contributed by atoms with E-state index in [4.69, 9.17) is 4.74 Å². The van der Waals surface area contributed by atoms with Crippen molar-refractivity contribution < 1.29 is 4.74 Å².